The molecule has 0 atom stereocenters. The topological polar surface area (TPSA) is 67.0 Å². The van der Waals surface area contributed by atoms with E-state index in [2.05, 4.69) is 17.0 Å². The number of rotatable bonds is 5. The molecule has 0 fully saturated rings. The minimum Gasteiger partial charge on any atom is -0.488 e. The zero-order chi connectivity index (χ0) is 12.9. The molecule has 2 N–H and O–H groups in total. The number of hydrogen-bond donors (Lipinski definition) is 2. The molecule has 8 heteroatoms. The first kappa shape index (κ1) is 13.1. The molecule has 0 unspecified atom stereocenters. The van der Waals surface area contributed by atoms with Gasteiger partial charge in [-0.05, 0) is 6.08 Å². The lowest BCUT2D eigenvalue weighted by atomic mass is 10.4. The van der Waals surface area contributed by atoms with Gasteiger partial charge in [0.15, 0.2) is 11.4 Å². The first-order chi connectivity index (χ1) is 7.95. The molecule has 94 valence electrons. The number of carbonyl (C=O) groups is 1. The normalized spacial score (nSPS) is 11.0. The van der Waals surface area contributed by atoms with Gasteiger partial charge in [0.1, 0.15) is 6.61 Å². The predicted octanol–water partition coefficient (Wildman–Crippen LogP) is 1.11. The molecule has 0 aliphatic rings. The zero-order valence-corrected chi connectivity index (χ0v) is 8.67. The Balaban J connectivity index is 2.45. The summed E-state index contributed by atoms with van der Waals surface area (Å²) >= 11 is 0. The number of alkyl halides is 3. The minimum atomic E-state index is -4.55. The van der Waals surface area contributed by atoms with Gasteiger partial charge in [-0.15, -0.1) is 0 Å². The van der Waals surface area contributed by atoms with E-state index in [1.807, 2.05) is 0 Å². The van der Waals surface area contributed by atoms with Crippen LogP contribution in [0.3, 0.4) is 0 Å². The SMILES string of the molecule is C=CC(=O)NCCOc1cn[nH]c1C(F)(F)F. The van der Waals surface area contributed by atoms with Gasteiger partial charge in [-0.2, -0.15) is 18.3 Å². The van der Waals surface area contributed by atoms with Gasteiger partial charge in [-0.1, -0.05) is 6.58 Å². The number of aromatic amines is 1. The quantitative estimate of drug-likeness (QED) is 0.606. The molecule has 1 aromatic rings. The number of carbonyl (C=O) groups excluding carboxylic acids is 1. The van der Waals surface area contributed by atoms with Crippen LogP contribution in [0, 0.1) is 0 Å². The van der Waals surface area contributed by atoms with E-state index in [4.69, 9.17) is 4.74 Å². The number of aromatic nitrogens is 2. The molecule has 0 spiro atoms. The Morgan fingerprint density at radius 2 is 2.35 bits per heavy atom. The Morgan fingerprint density at radius 1 is 1.65 bits per heavy atom. The van der Waals surface area contributed by atoms with E-state index >= 15 is 0 Å². The summed E-state index contributed by atoms with van der Waals surface area (Å²) in [5.74, 6) is -0.817. The van der Waals surface area contributed by atoms with Crippen LogP contribution in [0.4, 0.5) is 13.2 Å². The van der Waals surface area contributed by atoms with Crippen LogP contribution in [0.2, 0.25) is 0 Å². The molecule has 1 heterocycles. The number of halogens is 3. The molecule has 0 saturated carbocycles. The summed E-state index contributed by atoms with van der Waals surface area (Å²) in [5, 5.41) is 7.41. The van der Waals surface area contributed by atoms with Crippen molar-refractivity contribution in [3.63, 3.8) is 0 Å². The Hall–Kier alpha value is -1.99. The number of nitrogens with zero attached hydrogens (tertiary/aromatic N) is 1. The van der Waals surface area contributed by atoms with E-state index < -0.39 is 23.5 Å². The Kier molecular flexibility index (Phi) is 4.13. The number of H-pyrrole nitrogens is 1. The van der Waals surface area contributed by atoms with Crippen molar-refractivity contribution in [1.82, 2.24) is 15.5 Å². The maximum Gasteiger partial charge on any atom is 0.436 e. The molecule has 0 radical (unpaired) electrons. The monoisotopic (exact) mass is 249 g/mol. The van der Waals surface area contributed by atoms with Crippen molar-refractivity contribution >= 4 is 5.91 Å². The third kappa shape index (κ3) is 3.82. The van der Waals surface area contributed by atoms with E-state index in [-0.39, 0.29) is 13.2 Å². The largest absolute Gasteiger partial charge is 0.488 e. The van der Waals surface area contributed by atoms with Gasteiger partial charge >= 0.3 is 6.18 Å². The highest BCUT2D eigenvalue weighted by molar-refractivity contribution is 5.86. The number of hydrogen-bond acceptors (Lipinski definition) is 3. The van der Waals surface area contributed by atoms with Crippen LogP contribution >= 0.6 is 0 Å². The summed E-state index contributed by atoms with van der Waals surface area (Å²) in [7, 11) is 0. The van der Waals surface area contributed by atoms with Crippen LogP contribution in [-0.4, -0.2) is 29.3 Å². The molecule has 1 aromatic heterocycles. The second-order valence-corrected chi connectivity index (χ2v) is 2.95. The lowest BCUT2D eigenvalue weighted by Crippen LogP contribution is -2.26. The van der Waals surface area contributed by atoms with Crippen molar-refractivity contribution in [2.24, 2.45) is 0 Å². The highest BCUT2D eigenvalue weighted by atomic mass is 19.4. The Labute approximate surface area is 94.7 Å². The maximum atomic E-state index is 12.3. The smallest absolute Gasteiger partial charge is 0.436 e. The van der Waals surface area contributed by atoms with Crippen LogP contribution < -0.4 is 10.1 Å². The van der Waals surface area contributed by atoms with Gasteiger partial charge in [-0.25, -0.2) is 0 Å². The first-order valence-corrected chi connectivity index (χ1v) is 4.58. The van der Waals surface area contributed by atoms with Gasteiger partial charge in [0.25, 0.3) is 0 Å². The van der Waals surface area contributed by atoms with Gasteiger partial charge in [-0.3, -0.25) is 9.89 Å². The summed E-state index contributed by atoms with van der Waals surface area (Å²) in [6.45, 7) is 3.20. The second-order valence-electron chi connectivity index (χ2n) is 2.95. The average Bonchev–Trinajstić information content (AvgIpc) is 2.71. The van der Waals surface area contributed by atoms with Crippen molar-refractivity contribution < 1.29 is 22.7 Å². The molecule has 0 aliphatic heterocycles. The highest BCUT2D eigenvalue weighted by Gasteiger charge is 2.36. The van der Waals surface area contributed by atoms with Gasteiger partial charge < -0.3 is 10.1 Å². The molecule has 17 heavy (non-hydrogen) atoms. The minimum absolute atomic E-state index is 0.0767. The number of amides is 1. The van der Waals surface area contributed by atoms with Crippen molar-refractivity contribution in [3.05, 3.63) is 24.5 Å². The Morgan fingerprint density at radius 3 is 2.94 bits per heavy atom. The van der Waals surface area contributed by atoms with Crippen LogP contribution in [0.5, 0.6) is 5.75 Å². The highest BCUT2D eigenvalue weighted by Crippen LogP contribution is 2.33. The molecule has 1 amide bonds. The molecule has 5 nitrogen and oxygen atoms in total. The van der Waals surface area contributed by atoms with Gasteiger partial charge in [0, 0.05) is 0 Å². The van der Waals surface area contributed by atoms with Crippen molar-refractivity contribution in [2.75, 3.05) is 13.2 Å². The average molecular weight is 249 g/mol. The molecule has 1 rings (SSSR count). The van der Waals surface area contributed by atoms with Crippen molar-refractivity contribution in [1.29, 1.82) is 0 Å². The van der Waals surface area contributed by atoms with E-state index in [1.165, 1.54) is 0 Å². The third-order valence-electron chi connectivity index (χ3n) is 1.73. The predicted molar refractivity (Wildman–Crippen MR) is 52.3 cm³/mol. The first-order valence-electron chi connectivity index (χ1n) is 4.58. The lowest BCUT2D eigenvalue weighted by molar-refractivity contribution is -0.142. The van der Waals surface area contributed by atoms with E-state index in [1.54, 1.807) is 5.10 Å². The molecule has 0 saturated heterocycles. The number of nitrogens with one attached hydrogen (secondary N) is 2. The lowest BCUT2D eigenvalue weighted by Gasteiger charge is -2.08. The van der Waals surface area contributed by atoms with Crippen molar-refractivity contribution in [3.8, 4) is 5.75 Å². The molecular formula is C9H10F3N3O2. The standard InChI is InChI=1S/C9H10F3N3O2/c1-2-7(16)13-3-4-17-6-5-14-15-8(6)9(10,11)12/h2,5H,1,3-4H2,(H,13,16)(H,14,15). The molecule has 0 aromatic carbocycles. The maximum absolute atomic E-state index is 12.3. The van der Waals surface area contributed by atoms with Gasteiger partial charge in [0.2, 0.25) is 5.91 Å². The fraction of sp³-hybridized carbons (Fsp3) is 0.333. The molecular weight excluding hydrogens is 239 g/mol. The number of ether oxygens (including phenoxy) is 1. The van der Waals surface area contributed by atoms with E-state index in [9.17, 15) is 18.0 Å². The van der Waals surface area contributed by atoms with E-state index in [0.717, 1.165) is 12.3 Å². The van der Waals surface area contributed by atoms with Crippen LogP contribution in [-0.2, 0) is 11.0 Å². The fourth-order valence-corrected chi connectivity index (χ4v) is 0.995. The summed E-state index contributed by atoms with van der Waals surface area (Å²) < 4.78 is 41.9. The third-order valence-corrected chi connectivity index (χ3v) is 1.73. The molecule has 0 bridgehead atoms. The van der Waals surface area contributed by atoms with Crippen LogP contribution in [0.25, 0.3) is 0 Å². The molecule has 0 aliphatic carbocycles. The van der Waals surface area contributed by atoms with Crippen LogP contribution in [0.15, 0.2) is 18.9 Å². The Bertz CT molecular complexity index is 400. The zero-order valence-electron chi connectivity index (χ0n) is 8.67. The fourth-order valence-electron chi connectivity index (χ4n) is 0.995. The summed E-state index contributed by atoms with van der Waals surface area (Å²) in [5.41, 5.74) is -1.05. The van der Waals surface area contributed by atoms with E-state index in [0.29, 0.717) is 0 Å². The summed E-state index contributed by atoms with van der Waals surface area (Å²) in [6.07, 6.45) is -2.56. The second kappa shape index (κ2) is 5.37. The van der Waals surface area contributed by atoms with Gasteiger partial charge in [0.05, 0.1) is 12.7 Å². The summed E-state index contributed by atoms with van der Waals surface area (Å²) in [4.78, 5) is 10.7. The summed E-state index contributed by atoms with van der Waals surface area (Å²) in [6, 6.07) is 0. The van der Waals surface area contributed by atoms with Crippen LogP contribution in [0.1, 0.15) is 5.69 Å². The van der Waals surface area contributed by atoms with Crippen molar-refractivity contribution in [2.45, 2.75) is 6.18 Å².